The van der Waals surface area contributed by atoms with Gasteiger partial charge in [0.15, 0.2) is 0 Å². The summed E-state index contributed by atoms with van der Waals surface area (Å²) in [6, 6.07) is 0. The molecule has 100 valence electrons. The lowest BCUT2D eigenvalue weighted by Crippen LogP contribution is -2.39. The van der Waals surface area contributed by atoms with Crippen LogP contribution in [-0.2, 0) is 24.8 Å². The minimum absolute atomic E-state index is 0.212. The number of fused-ring (bicyclic) bond motifs is 1. The monoisotopic (exact) mass is 250 g/mol. The van der Waals surface area contributed by atoms with Crippen LogP contribution in [-0.4, -0.2) is 27.7 Å². The Morgan fingerprint density at radius 3 is 2.67 bits per heavy atom. The van der Waals surface area contributed by atoms with Crippen molar-refractivity contribution in [1.82, 2.24) is 9.47 Å². The topological polar surface area (TPSA) is 34.5 Å². The molecular weight excluding hydrogens is 228 g/mol. The van der Waals surface area contributed by atoms with Crippen LogP contribution in [0, 0.1) is 6.92 Å². The number of rotatable bonds is 0. The van der Waals surface area contributed by atoms with Crippen LogP contribution in [0.15, 0.2) is 6.20 Å². The van der Waals surface area contributed by atoms with Crippen molar-refractivity contribution in [2.45, 2.75) is 46.3 Å². The highest BCUT2D eigenvalue weighted by Gasteiger charge is 2.27. The molecule has 0 N–H and O–H groups in total. The van der Waals surface area contributed by atoms with E-state index in [0.717, 1.165) is 13.0 Å². The predicted octanol–water partition coefficient (Wildman–Crippen LogP) is 2.63. The highest BCUT2D eigenvalue weighted by atomic mass is 16.6. The summed E-state index contributed by atoms with van der Waals surface area (Å²) >= 11 is 0. The van der Waals surface area contributed by atoms with Gasteiger partial charge in [0.25, 0.3) is 0 Å². The van der Waals surface area contributed by atoms with E-state index in [0.29, 0.717) is 6.54 Å². The lowest BCUT2D eigenvalue weighted by Gasteiger charge is -2.30. The van der Waals surface area contributed by atoms with Crippen molar-refractivity contribution in [2.24, 2.45) is 7.05 Å². The smallest absolute Gasteiger partial charge is 0.410 e. The van der Waals surface area contributed by atoms with Gasteiger partial charge in [-0.2, -0.15) is 0 Å². The number of aryl methyl sites for hydroxylation is 1. The van der Waals surface area contributed by atoms with Gasteiger partial charge in [0.05, 0.1) is 6.54 Å². The average Bonchev–Trinajstić information content (AvgIpc) is 2.52. The highest BCUT2D eigenvalue weighted by Crippen LogP contribution is 2.24. The maximum Gasteiger partial charge on any atom is 0.410 e. The minimum atomic E-state index is -0.427. The Bertz CT molecular complexity index is 469. The molecular formula is C14H22N2O2. The first-order chi connectivity index (χ1) is 8.28. The van der Waals surface area contributed by atoms with Gasteiger partial charge < -0.3 is 14.2 Å². The Hall–Kier alpha value is -1.45. The van der Waals surface area contributed by atoms with Crippen molar-refractivity contribution in [1.29, 1.82) is 0 Å². The standard InChI is InChI=1S/C14H22N2O2/c1-10-12-9-16(13(17)18-14(2,3)4)7-6-11(12)8-15(10)5/h8H,6-7,9H2,1-5H3. The fraction of sp³-hybridized carbons (Fsp3) is 0.643. The molecule has 0 fully saturated rings. The summed E-state index contributed by atoms with van der Waals surface area (Å²) in [5, 5.41) is 0. The second kappa shape index (κ2) is 4.34. The Labute approximate surface area is 109 Å². The van der Waals surface area contributed by atoms with Crippen molar-refractivity contribution in [3.63, 3.8) is 0 Å². The van der Waals surface area contributed by atoms with Crippen molar-refractivity contribution < 1.29 is 9.53 Å². The minimum Gasteiger partial charge on any atom is -0.444 e. The molecule has 1 aromatic rings. The molecule has 2 rings (SSSR count). The van der Waals surface area contributed by atoms with Crippen LogP contribution in [0.4, 0.5) is 4.79 Å². The fourth-order valence-corrected chi connectivity index (χ4v) is 2.29. The number of hydrogen-bond donors (Lipinski definition) is 0. The third-order valence-corrected chi connectivity index (χ3v) is 3.35. The zero-order valence-electron chi connectivity index (χ0n) is 11.9. The first-order valence-electron chi connectivity index (χ1n) is 6.39. The van der Waals surface area contributed by atoms with E-state index in [2.05, 4.69) is 17.7 Å². The number of carbonyl (C=O) groups is 1. The molecule has 1 aliphatic rings. The maximum atomic E-state index is 12.0. The largest absolute Gasteiger partial charge is 0.444 e. The lowest BCUT2D eigenvalue weighted by molar-refractivity contribution is 0.0224. The van der Waals surface area contributed by atoms with E-state index in [1.807, 2.05) is 27.8 Å². The molecule has 0 radical (unpaired) electrons. The molecule has 0 atom stereocenters. The molecule has 2 heterocycles. The van der Waals surface area contributed by atoms with Gasteiger partial charge in [0, 0.05) is 25.5 Å². The lowest BCUT2D eigenvalue weighted by atomic mass is 10.0. The molecule has 0 aromatic carbocycles. The molecule has 0 unspecified atom stereocenters. The van der Waals surface area contributed by atoms with Gasteiger partial charge in [0.1, 0.15) is 5.60 Å². The number of amides is 1. The second-order valence-electron chi connectivity index (χ2n) is 5.98. The van der Waals surface area contributed by atoms with Gasteiger partial charge in [-0.05, 0) is 45.2 Å². The van der Waals surface area contributed by atoms with Crippen LogP contribution in [0.1, 0.15) is 37.6 Å². The molecule has 4 heteroatoms. The summed E-state index contributed by atoms with van der Waals surface area (Å²) in [5.41, 5.74) is 3.44. The van der Waals surface area contributed by atoms with Crippen LogP contribution >= 0.6 is 0 Å². The zero-order valence-corrected chi connectivity index (χ0v) is 11.9. The number of aromatic nitrogens is 1. The van der Waals surface area contributed by atoms with E-state index in [4.69, 9.17) is 4.74 Å². The highest BCUT2D eigenvalue weighted by molar-refractivity contribution is 5.68. The molecule has 1 aromatic heterocycles. The van der Waals surface area contributed by atoms with E-state index in [9.17, 15) is 4.79 Å². The predicted molar refractivity (Wildman–Crippen MR) is 70.5 cm³/mol. The first-order valence-corrected chi connectivity index (χ1v) is 6.39. The van der Waals surface area contributed by atoms with Gasteiger partial charge in [-0.3, -0.25) is 0 Å². The summed E-state index contributed by atoms with van der Waals surface area (Å²) < 4.78 is 7.55. The van der Waals surface area contributed by atoms with Crippen LogP contribution in [0.2, 0.25) is 0 Å². The number of hydrogen-bond acceptors (Lipinski definition) is 2. The molecule has 0 bridgehead atoms. The fourth-order valence-electron chi connectivity index (χ4n) is 2.29. The summed E-state index contributed by atoms with van der Waals surface area (Å²) in [5.74, 6) is 0. The zero-order chi connectivity index (χ0) is 13.5. The molecule has 0 spiro atoms. The van der Waals surface area contributed by atoms with Gasteiger partial charge >= 0.3 is 6.09 Å². The van der Waals surface area contributed by atoms with Crippen LogP contribution in [0.5, 0.6) is 0 Å². The maximum absolute atomic E-state index is 12.0. The van der Waals surface area contributed by atoms with E-state index in [1.165, 1.54) is 16.8 Å². The normalized spacial score (nSPS) is 15.5. The Morgan fingerprint density at radius 2 is 2.06 bits per heavy atom. The molecule has 18 heavy (non-hydrogen) atoms. The second-order valence-corrected chi connectivity index (χ2v) is 5.98. The molecule has 1 aliphatic heterocycles. The average molecular weight is 250 g/mol. The van der Waals surface area contributed by atoms with Gasteiger partial charge in [-0.15, -0.1) is 0 Å². The third-order valence-electron chi connectivity index (χ3n) is 3.35. The quantitative estimate of drug-likeness (QED) is 0.709. The van der Waals surface area contributed by atoms with E-state index < -0.39 is 5.60 Å². The summed E-state index contributed by atoms with van der Waals surface area (Å²) in [6.45, 7) is 9.19. The SMILES string of the molecule is Cc1c2c(cn1C)CCN(C(=O)OC(C)(C)C)C2. The van der Waals surface area contributed by atoms with E-state index >= 15 is 0 Å². The summed E-state index contributed by atoms with van der Waals surface area (Å²) in [4.78, 5) is 13.8. The van der Waals surface area contributed by atoms with Crippen LogP contribution < -0.4 is 0 Å². The molecule has 0 saturated heterocycles. The number of nitrogens with zero attached hydrogens (tertiary/aromatic N) is 2. The van der Waals surface area contributed by atoms with E-state index in [1.54, 1.807) is 4.90 Å². The molecule has 0 saturated carbocycles. The Morgan fingerprint density at radius 1 is 1.39 bits per heavy atom. The third kappa shape index (κ3) is 2.52. The molecule has 0 aliphatic carbocycles. The van der Waals surface area contributed by atoms with Crippen LogP contribution in [0.3, 0.4) is 0 Å². The number of ether oxygens (including phenoxy) is 1. The van der Waals surface area contributed by atoms with Gasteiger partial charge in [0.2, 0.25) is 0 Å². The van der Waals surface area contributed by atoms with Gasteiger partial charge in [-0.25, -0.2) is 4.79 Å². The van der Waals surface area contributed by atoms with Gasteiger partial charge in [-0.1, -0.05) is 0 Å². The first kappa shape index (κ1) is 13.0. The Balaban J connectivity index is 2.12. The summed E-state index contributed by atoms with van der Waals surface area (Å²) in [7, 11) is 2.05. The van der Waals surface area contributed by atoms with Crippen molar-refractivity contribution >= 4 is 6.09 Å². The van der Waals surface area contributed by atoms with Crippen molar-refractivity contribution in [3.8, 4) is 0 Å². The molecule has 4 nitrogen and oxygen atoms in total. The summed E-state index contributed by atoms with van der Waals surface area (Å²) in [6.07, 6.45) is 2.87. The van der Waals surface area contributed by atoms with Crippen LogP contribution in [0.25, 0.3) is 0 Å². The van der Waals surface area contributed by atoms with Crippen molar-refractivity contribution in [3.05, 3.63) is 23.0 Å². The number of carbonyl (C=O) groups excluding carboxylic acids is 1. The van der Waals surface area contributed by atoms with Crippen molar-refractivity contribution in [2.75, 3.05) is 6.54 Å². The Kier molecular flexibility index (Phi) is 3.13. The van der Waals surface area contributed by atoms with E-state index in [-0.39, 0.29) is 6.09 Å². The molecule has 1 amide bonds.